The molecule has 0 bridgehead atoms. The Morgan fingerprint density at radius 3 is 2.54 bits per heavy atom. The minimum absolute atomic E-state index is 0.368. The Balaban J connectivity index is 3.00. The van der Waals surface area contributed by atoms with E-state index in [1.54, 1.807) is 12.1 Å². The zero-order valence-corrected chi connectivity index (χ0v) is 6.92. The van der Waals surface area contributed by atoms with Crippen molar-refractivity contribution >= 4 is 12.0 Å². The third-order valence-electron chi connectivity index (χ3n) is 1.51. The van der Waals surface area contributed by atoms with Crippen LogP contribution in [0.1, 0.15) is 5.56 Å². The minimum Gasteiger partial charge on any atom is -0.361 e. The van der Waals surface area contributed by atoms with Crippen molar-refractivity contribution in [1.29, 1.82) is 0 Å². The highest BCUT2D eigenvalue weighted by Gasteiger charge is 2.04. The van der Waals surface area contributed by atoms with Crippen molar-refractivity contribution in [3.8, 4) is 0 Å². The van der Waals surface area contributed by atoms with Crippen molar-refractivity contribution in [2.75, 3.05) is 0 Å². The number of rotatable bonds is 3. The predicted molar refractivity (Wildman–Crippen MR) is 49.4 cm³/mol. The van der Waals surface area contributed by atoms with Crippen LogP contribution in [0.3, 0.4) is 0 Å². The number of carbonyl (C=O) groups excluding carboxylic acids is 1. The molecule has 0 aliphatic carbocycles. The lowest BCUT2D eigenvalue weighted by Crippen LogP contribution is -1.96. The number of allylic oxidation sites excluding steroid dienone is 2. The maximum absolute atomic E-state index is 10.0. The molecule has 0 radical (unpaired) electrons. The van der Waals surface area contributed by atoms with Gasteiger partial charge in [0.15, 0.2) is 0 Å². The summed E-state index contributed by atoms with van der Waals surface area (Å²) in [7, 11) is 0. The quantitative estimate of drug-likeness (QED) is 0.224. The van der Waals surface area contributed by atoms with Crippen molar-refractivity contribution in [1.82, 2.24) is 0 Å². The number of aldehydes is 1. The lowest BCUT2D eigenvalue weighted by Gasteiger charge is -1.88. The first kappa shape index (κ1) is 9.10. The van der Waals surface area contributed by atoms with Crippen molar-refractivity contribution in [3.05, 3.63) is 53.6 Å². The van der Waals surface area contributed by atoms with Crippen molar-refractivity contribution < 1.29 is 9.58 Å². The second kappa shape index (κ2) is 4.80. The summed E-state index contributed by atoms with van der Waals surface area (Å²) in [5.74, 6) is 0. The van der Waals surface area contributed by atoms with Crippen molar-refractivity contribution in [2.24, 2.45) is 0 Å². The summed E-state index contributed by atoms with van der Waals surface area (Å²) < 4.78 is 0. The van der Waals surface area contributed by atoms with Gasteiger partial charge in [0, 0.05) is 6.08 Å². The molecule has 1 aromatic carbocycles. The number of nitrogens with zero attached hydrogens (tertiary/aromatic N) is 2. The fourth-order valence-corrected chi connectivity index (χ4v) is 0.927. The van der Waals surface area contributed by atoms with Gasteiger partial charge in [-0.2, -0.15) is 4.79 Å². The first-order valence-corrected chi connectivity index (χ1v) is 3.78. The van der Waals surface area contributed by atoms with Crippen LogP contribution in [0.25, 0.3) is 5.53 Å². The molecule has 0 unspecified atom stereocenters. The van der Waals surface area contributed by atoms with Crippen molar-refractivity contribution in [2.45, 2.75) is 0 Å². The molecule has 0 aliphatic heterocycles. The van der Waals surface area contributed by atoms with E-state index in [4.69, 9.17) is 5.53 Å². The number of hydrogen-bond acceptors (Lipinski definition) is 1. The van der Waals surface area contributed by atoms with Gasteiger partial charge < -0.3 is 5.53 Å². The van der Waals surface area contributed by atoms with E-state index >= 15 is 0 Å². The molecule has 0 fully saturated rings. The second-order valence-corrected chi connectivity index (χ2v) is 2.35. The van der Waals surface area contributed by atoms with Crippen LogP contribution in [0.15, 0.2) is 42.5 Å². The molecule has 0 heterocycles. The maximum atomic E-state index is 10.0. The molecule has 0 atom stereocenters. The van der Waals surface area contributed by atoms with Gasteiger partial charge in [0.05, 0.1) is 5.56 Å². The molecule has 64 valence electrons. The molecule has 0 saturated heterocycles. The lowest BCUT2D eigenvalue weighted by atomic mass is 10.1. The highest BCUT2D eigenvalue weighted by Crippen LogP contribution is 1.99. The van der Waals surface area contributed by atoms with E-state index in [1.807, 2.05) is 18.2 Å². The Labute approximate surface area is 75.9 Å². The largest absolute Gasteiger partial charge is 0.361 e. The van der Waals surface area contributed by atoms with Gasteiger partial charge in [-0.1, -0.05) is 18.2 Å². The fourth-order valence-electron chi connectivity index (χ4n) is 0.927. The summed E-state index contributed by atoms with van der Waals surface area (Å²) in [6, 6.07) is 9.11. The predicted octanol–water partition coefficient (Wildman–Crippen LogP) is 1.46. The van der Waals surface area contributed by atoms with E-state index in [2.05, 4.69) is 4.79 Å². The summed E-state index contributed by atoms with van der Waals surface area (Å²) in [5, 5.41) is 0. The van der Waals surface area contributed by atoms with Crippen LogP contribution in [-0.4, -0.2) is 16.8 Å². The first-order valence-electron chi connectivity index (χ1n) is 3.78. The zero-order chi connectivity index (χ0) is 9.52. The van der Waals surface area contributed by atoms with E-state index < -0.39 is 0 Å². The third kappa shape index (κ3) is 2.51. The van der Waals surface area contributed by atoms with Gasteiger partial charge in [-0.3, -0.25) is 4.79 Å². The zero-order valence-electron chi connectivity index (χ0n) is 6.92. The van der Waals surface area contributed by atoms with E-state index in [-0.39, 0.29) is 0 Å². The average molecular weight is 172 g/mol. The highest BCUT2D eigenvalue weighted by atomic mass is 16.1. The molecule has 1 rings (SSSR count). The number of carbonyl (C=O) groups is 1. The Bertz CT molecular complexity index is 362. The summed E-state index contributed by atoms with van der Waals surface area (Å²) >= 11 is 0. The van der Waals surface area contributed by atoms with E-state index in [9.17, 15) is 4.79 Å². The van der Waals surface area contributed by atoms with Gasteiger partial charge in [-0.25, -0.2) is 0 Å². The first-order chi connectivity index (χ1) is 6.38. The average Bonchev–Trinajstić information content (AvgIpc) is 2.21. The van der Waals surface area contributed by atoms with Crippen LogP contribution < -0.4 is 0 Å². The van der Waals surface area contributed by atoms with Crippen LogP contribution in [0, 0.1) is 0 Å². The van der Waals surface area contributed by atoms with E-state index in [0.29, 0.717) is 12.0 Å². The Morgan fingerprint density at radius 2 is 2.00 bits per heavy atom. The van der Waals surface area contributed by atoms with Crippen LogP contribution in [-0.2, 0) is 4.79 Å². The fraction of sp³-hybridized carbons (Fsp3) is 0. The van der Waals surface area contributed by atoms with Crippen LogP contribution in [0.4, 0.5) is 0 Å². The molecule has 0 aliphatic rings. The summed E-state index contributed by atoms with van der Waals surface area (Å²) in [6.45, 7) is 0. The lowest BCUT2D eigenvalue weighted by molar-refractivity contribution is -0.104. The normalized spacial score (nSPS) is 9.54. The van der Waals surface area contributed by atoms with Gasteiger partial charge in [-0.05, 0) is 18.2 Å². The van der Waals surface area contributed by atoms with E-state index in [1.165, 1.54) is 12.2 Å². The third-order valence-corrected chi connectivity index (χ3v) is 1.51. The smallest absolute Gasteiger partial charge is 0.322 e. The molecule has 0 amide bonds. The maximum Gasteiger partial charge on any atom is 0.322 e. The van der Waals surface area contributed by atoms with Crippen LogP contribution in [0.5, 0.6) is 0 Å². The van der Waals surface area contributed by atoms with Gasteiger partial charge in [0.25, 0.3) is 0 Å². The molecule has 0 spiro atoms. The number of benzene rings is 1. The van der Waals surface area contributed by atoms with Gasteiger partial charge >= 0.3 is 5.71 Å². The molecule has 0 saturated carbocycles. The van der Waals surface area contributed by atoms with Gasteiger partial charge in [0.1, 0.15) is 6.29 Å². The summed E-state index contributed by atoms with van der Waals surface area (Å²) in [6.07, 6.45) is 3.36. The van der Waals surface area contributed by atoms with Gasteiger partial charge in [0.2, 0.25) is 0 Å². The van der Waals surface area contributed by atoms with Crippen LogP contribution in [0.2, 0.25) is 0 Å². The van der Waals surface area contributed by atoms with E-state index in [0.717, 1.165) is 5.56 Å². The Kier molecular flexibility index (Phi) is 3.36. The Morgan fingerprint density at radius 1 is 1.31 bits per heavy atom. The summed E-state index contributed by atoms with van der Waals surface area (Å²) in [4.78, 5) is 13.1. The highest BCUT2D eigenvalue weighted by molar-refractivity contribution is 6.06. The van der Waals surface area contributed by atoms with Crippen LogP contribution >= 0.6 is 0 Å². The van der Waals surface area contributed by atoms with Gasteiger partial charge in [-0.15, -0.1) is 0 Å². The Hall–Kier alpha value is -1.99. The molecular formula is C10H8N2O. The monoisotopic (exact) mass is 172 g/mol. The molecule has 3 heteroatoms. The second-order valence-electron chi connectivity index (χ2n) is 2.35. The standard InChI is InChI=1S/C10H8N2O/c11-12-10(7-4-8-13)9-5-2-1-3-6-9/h1-8H/b7-4+. The molecule has 13 heavy (non-hydrogen) atoms. The molecule has 0 N–H and O–H groups in total. The van der Waals surface area contributed by atoms with Crippen molar-refractivity contribution in [3.63, 3.8) is 0 Å². The SMILES string of the molecule is [N-]=[N+]=C(/C=C/C=O)c1ccccc1. The molecule has 3 nitrogen and oxygen atoms in total. The molecule has 0 aromatic heterocycles. The topological polar surface area (TPSA) is 53.5 Å². The molecular weight excluding hydrogens is 164 g/mol. The summed E-state index contributed by atoms with van der Waals surface area (Å²) in [5.41, 5.74) is 9.76. The minimum atomic E-state index is 0.368. The molecule has 1 aromatic rings. The number of hydrogen-bond donors (Lipinski definition) is 0.